The molecule has 8 heteroatoms. The maximum absolute atomic E-state index is 12.8. The third-order valence-corrected chi connectivity index (χ3v) is 6.83. The first kappa shape index (κ1) is 23.9. The van der Waals surface area contributed by atoms with Crippen LogP contribution < -0.4 is 20.3 Å². The molecule has 2 amide bonds. The van der Waals surface area contributed by atoms with Crippen LogP contribution in [0.2, 0.25) is 0 Å². The van der Waals surface area contributed by atoms with E-state index in [4.69, 9.17) is 9.47 Å². The number of amides is 2. The fraction of sp³-hybridized carbons (Fsp3) is 0.500. The van der Waals surface area contributed by atoms with Crippen molar-refractivity contribution in [3.63, 3.8) is 0 Å². The van der Waals surface area contributed by atoms with E-state index in [1.807, 2.05) is 33.7 Å². The molecule has 8 nitrogen and oxygen atoms in total. The highest BCUT2D eigenvalue weighted by Crippen LogP contribution is 2.35. The van der Waals surface area contributed by atoms with Crippen molar-refractivity contribution < 1.29 is 19.1 Å². The fourth-order valence-corrected chi connectivity index (χ4v) is 5.23. The second kappa shape index (κ2) is 10.8. The molecule has 2 atom stereocenters. The molecule has 2 aliphatic rings. The highest BCUT2D eigenvalue weighted by molar-refractivity contribution is 5.79. The third kappa shape index (κ3) is 5.26. The second-order valence-electron chi connectivity index (χ2n) is 9.10. The largest absolute Gasteiger partial charge is 0.493 e. The number of pyridine rings is 1. The quantitative estimate of drug-likeness (QED) is 0.612. The molecule has 2 aromatic rings. The lowest BCUT2D eigenvalue weighted by atomic mass is 9.83. The van der Waals surface area contributed by atoms with Gasteiger partial charge < -0.3 is 24.3 Å². The Bertz CT molecular complexity index is 1100. The van der Waals surface area contributed by atoms with Crippen LogP contribution in [0, 0.1) is 5.92 Å². The second-order valence-corrected chi connectivity index (χ2v) is 9.10. The molecule has 0 spiro atoms. The fourth-order valence-electron chi connectivity index (χ4n) is 5.23. The molecule has 0 radical (unpaired) electrons. The summed E-state index contributed by atoms with van der Waals surface area (Å²) >= 11 is 0. The summed E-state index contributed by atoms with van der Waals surface area (Å²) in [6.45, 7) is 2.50. The van der Waals surface area contributed by atoms with Crippen molar-refractivity contribution in [3.05, 3.63) is 58.0 Å². The Balaban J connectivity index is 1.21. The first-order valence-corrected chi connectivity index (χ1v) is 11.9. The van der Waals surface area contributed by atoms with Crippen LogP contribution >= 0.6 is 0 Å². The van der Waals surface area contributed by atoms with Gasteiger partial charge in [0.15, 0.2) is 11.5 Å². The molecule has 2 aliphatic heterocycles. The van der Waals surface area contributed by atoms with E-state index in [0.29, 0.717) is 69.3 Å². The molecule has 1 saturated heterocycles. The number of nitrogens with zero attached hydrogens (tertiary/aromatic N) is 2. The summed E-state index contributed by atoms with van der Waals surface area (Å²) in [5.41, 5.74) is 2.05. The number of rotatable bonds is 9. The lowest BCUT2D eigenvalue weighted by Gasteiger charge is -2.42. The predicted octanol–water partition coefficient (Wildman–Crippen LogP) is 2.34. The van der Waals surface area contributed by atoms with Gasteiger partial charge in [0, 0.05) is 56.7 Å². The van der Waals surface area contributed by atoms with E-state index >= 15 is 0 Å². The van der Waals surface area contributed by atoms with Crippen molar-refractivity contribution in [2.24, 2.45) is 5.92 Å². The van der Waals surface area contributed by atoms with Gasteiger partial charge in [-0.3, -0.25) is 14.4 Å². The zero-order chi connectivity index (χ0) is 24.1. The lowest BCUT2D eigenvalue weighted by molar-refractivity contribution is -0.134. The van der Waals surface area contributed by atoms with E-state index < -0.39 is 0 Å². The topological polar surface area (TPSA) is 89.9 Å². The number of fused-ring (bicyclic) bond motifs is 4. The Hall–Kier alpha value is -3.29. The number of benzene rings is 1. The summed E-state index contributed by atoms with van der Waals surface area (Å²) in [7, 11) is 3.20. The van der Waals surface area contributed by atoms with Crippen LogP contribution in [0.1, 0.15) is 42.9 Å². The van der Waals surface area contributed by atoms with Gasteiger partial charge in [-0.05, 0) is 42.9 Å². The van der Waals surface area contributed by atoms with Crippen LogP contribution in [0.4, 0.5) is 0 Å². The highest BCUT2D eigenvalue weighted by Gasteiger charge is 2.35. The predicted molar refractivity (Wildman–Crippen MR) is 128 cm³/mol. The molecule has 3 heterocycles. The Morgan fingerprint density at radius 2 is 1.85 bits per heavy atom. The molecule has 1 aromatic carbocycles. The van der Waals surface area contributed by atoms with Crippen molar-refractivity contribution in [1.29, 1.82) is 0 Å². The van der Waals surface area contributed by atoms with Crippen LogP contribution in [0.3, 0.4) is 0 Å². The number of carbonyl (C=O) groups is 2. The number of nitrogens with one attached hydrogen (secondary N) is 1. The molecule has 34 heavy (non-hydrogen) atoms. The number of methoxy groups -OCH3 is 2. The number of para-hydroxylation sites is 1. The first-order chi connectivity index (χ1) is 16.5. The molecule has 1 aromatic heterocycles. The molecule has 0 saturated carbocycles. The van der Waals surface area contributed by atoms with Gasteiger partial charge in [-0.2, -0.15) is 0 Å². The maximum atomic E-state index is 12.8. The minimum absolute atomic E-state index is 0.0443. The van der Waals surface area contributed by atoms with E-state index in [1.54, 1.807) is 26.4 Å². The Labute approximate surface area is 199 Å². The summed E-state index contributed by atoms with van der Waals surface area (Å²) in [6, 6.07) is 11.1. The number of piperidine rings is 1. The van der Waals surface area contributed by atoms with E-state index in [1.165, 1.54) is 0 Å². The number of carbonyl (C=O) groups excluding carboxylic acids is 2. The lowest BCUT2D eigenvalue weighted by Crippen LogP contribution is -2.49. The van der Waals surface area contributed by atoms with Gasteiger partial charge in [0.05, 0.1) is 14.2 Å². The van der Waals surface area contributed by atoms with Crippen LogP contribution in [-0.2, 0) is 22.6 Å². The Kier molecular flexibility index (Phi) is 7.55. The number of likely N-dealkylation sites (tertiary alicyclic amines) is 1. The molecule has 182 valence electrons. The molecular weight excluding hydrogens is 434 g/mol. The van der Waals surface area contributed by atoms with E-state index in [2.05, 4.69) is 5.32 Å². The van der Waals surface area contributed by atoms with Crippen molar-refractivity contribution in [2.45, 2.75) is 44.6 Å². The SMILES string of the molecule is COc1cccc(CCNC(=O)CCCC(=O)N2CC3CC(C2)c2cccc(=O)n2C3)c1OC. The van der Waals surface area contributed by atoms with E-state index in [0.717, 1.165) is 17.7 Å². The summed E-state index contributed by atoms with van der Waals surface area (Å²) in [4.78, 5) is 39.2. The van der Waals surface area contributed by atoms with Gasteiger partial charge in [0.1, 0.15) is 0 Å². The smallest absolute Gasteiger partial charge is 0.250 e. The number of hydrogen-bond donors (Lipinski definition) is 1. The molecular formula is C26H33N3O5. The minimum atomic E-state index is -0.0570. The number of ether oxygens (including phenoxy) is 2. The maximum Gasteiger partial charge on any atom is 0.250 e. The molecule has 0 aliphatic carbocycles. The summed E-state index contributed by atoms with van der Waals surface area (Å²) in [5.74, 6) is 1.91. The molecule has 1 N–H and O–H groups in total. The van der Waals surface area contributed by atoms with Crippen LogP contribution in [0.5, 0.6) is 11.5 Å². The van der Waals surface area contributed by atoms with Gasteiger partial charge in [0.2, 0.25) is 11.8 Å². The summed E-state index contributed by atoms with van der Waals surface area (Å²) < 4.78 is 12.6. The average Bonchev–Trinajstić information content (AvgIpc) is 2.84. The van der Waals surface area contributed by atoms with Gasteiger partial charge in [0.25, 0.3) is 5.56 Å². The normalized spacial score (nSPS) is 18.7. The van der Waals surface area contributed by atoms with Gasteiger partial charge >= 0.3 is 0 Å². The van der Waals surface area contributed by atoms with Crippen molar-refractivity contribution >= 4 is 11.8 Å². The van der Waals surface area contributed by atoms with Crippen molar-refractivity contribution in [3.8, 4) is 11.5 Å². The molecule has 4 rings (SSSR count). The zero-order valence-electron chi connectivity index (χ0n) is 19.9. The molecule has 2 bridgehead atoms. The van der Waals surface area contributed by atoms with Crippen molar-refractivity contribution in [2.75, 3.05) is 33.9 Å². The van der Waals surface area contributed by atoms with Crippen molar-refractivity contribution in [1.82, 2.24) is 14.8 Å². The number of aromatic nitrogens is 1. The van der Waals surface area contributed by atoms with Crippen LogP contribution in [0.25, 0.3) is 0 Å². The number of hydrogen-bond acceptors (Lipinski definition) is 5. The van der Waals surface area contributed by atoms with Gasteiger partial charge in [-0.25, -0.2) is 0 Å². The average molecular weight is 468 g/mol. The molecule has 1 fully saturated rings. The van der Waals surface area contributed by atoms with Crippen LogP contribution in [-0.4, -0.2) is 55.1 Å². The third-order valence-electron chi connectivity index (χ3n) is 6.83. The summed E-state index contributed by atoms with van der Waals surface area (Å²) in [5, 5.41) is 2.93. The van der Waals surface area contributed by atoms with E-state index in [-0.39, 0.29) is 23.3 Å². The molecule has 2 unspecified atom stereocenters. The van der Waals surface area contributed by atoms with E-state index in [9.17, 15) is 14.4 Å². The Morgan fingerprint density at radius 3 is 2.65 bits per heavy atom. The monoisotopic (exact) mass is 467 g/mol. The standard InChI is InChI=1S/C26H33N3O5/c1-33-22-8-3-6-19(26(22)34-2)12-13-27-23(30)9-5-10-24(31)28-15-18-14-20(17-28)21-7-4-11-25(32)29(21)16-18/h3-4,6-8,11,18,20H,5,9-10,12-17H2,1-2H3,(H,27,30). The highest BCUT2D eigenvalue weighted by atomic mass is 16.5. The minimum Gasteiger partial charge on any atom is -0.493 e. The zero-order valence-corrected chi connectivity index (χ0v) is 19.9. The van der Waals surface area contributed by atoms with Gasteiger partial charge in [-0.1, -0.05) is 18.2 Å². The summed E-state index contributed by atoms with van der Waals surface area (Å²) in [6.07, 6.45) is 2.85. The van der Waals surface area contributed by atoms with Gasteiger partial charge in [-0.15, -0.1) is 0 Å². The first-order valence-electron chi connectivity index (χ1n) is 11.9. The van der Waals surface area contributed by atoms with Crippen LogP contribution in [0.15, 0.2) is 41.2 Å². The Morgan fingerprint density at radius 1 is 1.03 bits per heavy atom.